The molecule has 0 bridgehead atoms. The molecule has 1 saturated heterocycles. The summed E-state index contributed by atoms with van der Waals surface area (Å²) in [6, 6.07) is 6.25. The standard InChI is InChI=1S/C15H16N2O4S2/c1-10-5-7-22-14(10)15(19)16-12-9-11(3-4-13(12)18)17-6-2-8-23(17,20)21/h3-5,7,9,18H,2,6,8H2,1H3,(H,16,19). The van der Waals surface area contributed by atoms with Gasteiger partial charge in [-0.25, -0.2) is 8.42 Å². The number of benzene rings is 1. The zero-order valence-electron chi connectivity index (χ0n) is 12.4. The molecule has 1 aromatic carbocycles. The maximum absolute atomic E-state index is 12.3. The first-order valence-corrected chi connectivity index (χ1v) is 9.56. The van der Waals surface area contributed by atoms with Crippen molar-refractivity contribution < 1.29 is 18.3 Å². The lowest BCUT2D eigenvalue weighted by molar-refractivity contribution is 0.102. The molecule has 2 aromatic rings. The van der Waals surface area contributed by atoms with Gasteiger partial charge in [0, 0.05) is 6.54 Å². The Morgan fingerprint density at radius 1 is 1.35 bits per heavy atom. The van der Waals surface area contributed by atoms with E-state index >= 15 is 0 Å². The van der Waals surface area contributed by atoms with E-state index in [4.69, 9.17) is 0 Å². The highest BCUT2D eigenvalue weighted by molar-refractivity contribution is 7.93. The maximum atomic E-state index is 12.3. The first-order chi connectivity index (χ1) is 10.9. The largest absolute Gasteiger partial charge is 0.506 e. The number of sulfonamides is 1. The predicted octanol–water partition coefficient (Wildman–Crippen LogP) is 2.55. The van der Waals surface area contributed by atoms with Crippen molar-refractivity contribution in [3.8, 4) is 5.75 Å². The van der Waals surface area contributed by atoms with E-state index in [1.807, 2.05) is 18.4 Å². The molecule has 122 valence electrons. The number of carbonyl (C=O) groups excluding carboxylic acids is 1. The Morgan fingerprint density at radius 3 is 2.74 bits per heavy atom. The van der Waals surface area contributed by atoms with E-state index < -0.39 is 10.0 Å². The summed E-state index contributed by atoms with van der Waals surface area (Å²) in [6.07, 6.45) is 0.569. The minimum atomic E-state index is -3.31. The number of rotatable bonds is 3. The van der Waals surface area contributed by atoms with E-state index in [1.54, 1.807) is 0 Å². The second-order valence-corrected chi connectivity index (χ2v) is 8.26. The van der Waals surface area contributed by atoms with Crippen LogP contribution in [0.3, 0.4) is 0 Å². The van der Waals surface area contributed by atoms with Crippen molar-refractivity contribution in [2.24, 2.45) is 0 Å². The fraction of sp³-hybridized carbons (Fsp3) is 0.267. The molecule has 1 amide bonds. The van der Waals surface area contributed by atoms with Crippen LogP contribution in [0.4, 0.5) is 11.4 Å². The number of aryl methyl sites for hydroxylation is 1. The molecule has 3 rings (SSSR count). The van der Waals surface area contributed by atoms with Crippen LogP contribution in [0.15, 0.2) is 29.6 Å². The lowest BCUT2D eigenvalue weighted by Crippen LogP contribution is -2.25. The van der Waals surface area contributed by atoms with Crippen molar-refractivity contribution in [1.82, 2.24) is 0 Å². The quantitative estimate of drug-likeness (QED) is 0.831. The Kier molecular flexibility index (Phi) is 4.03. The monoisotopic (exact) mass is 352 g/mol. The van der Waals surface area contributed by atoms with Crippen molar-refractivity contribution in [1.29, 1.82) is 0 Å². The fourth-order valence-electron chi connectivity index (χ4n) is 2.49. The van der Waals surface area contributed by atoms with Gasteiger partial charge >= 0.3 is 0 Å². The van der Waals surface area contributed by atoms with Crippen LogP contribution in [-0.4, -0.2) is 31.7 Å². The molecule has 6 nitrogen and oxygen atoms in total. The van der Waals surface area contributed by atoms with E-state index in [2.05, 4.69) is 5.32 Å². The van der Waals surface area contributed by atoms with Crippen molar-refractivity contribution >= 4 is 38.6 Å². The number of amides is 1. The molecule has 0 unspecified atom stereocenters. The van der Waals surface area contributed by atoms with Gasteiger partial charge in [-0.3, -0.25) is 9.10 Å². The van der Waals surface area contributed by atoms with Crippen molar-refractivity contribution in [2.75, 3.05) is 21.9 Å². The highest BCUT2D eigenvalue weighted by atomic mass is 32.2. The third-order valence-corrected chi connectivity index (χ3v) is 6.57. The summed E-state index contributed by atoms with van der Waals surface area (Å²) in [5.74, 6) is -0.314. The Morgan fingerprint density at radius 2 is 2.13 bits per heavy atom. The zero-order chi connectivity index (χ0) is 16.6. The summed E-state index contributed by atoms with van der Waals surface area (Å²) >= 11 is 1.31. The first-order valence-electron chi connectivity index (χ1n) is 7.07. The van der Waals surface area contributed by atoms with Crippen LogP contribution >= 0.6 is 11.3 Å². The number of aromatic hydroxyl groups is 1. The lowest BCUT2D eigenvalue weighted by atomic mass is 10.2. The minimum absolute atomic E-state index is 0.104. The molecule has 0 spiro atoms. The SMILES string of the molecule is Cc1ccsc1C(=O)Nc1cc(N2CCCS2(=O)=O)ccc1O. The Labute approximate surface area is 138 Å². The van der Waals surface area contributed by atoms with Crippen LogP contribution < -0.4 is 9.62 Å². The van der Waals surface area contributed by atoms with Gasteiger partial charge in [0.15, 0.2) is 0 Å². The molecule has 1 aliphatic heterocycles. The van der Waals surface area contributed by atoms with E-state index in [-0.39, 0.29) is 23.1 Å². The summed E-state index contributed by atoms with van der Waals surface area (Å²) in [7, 11) is -3.31. The number of phenols is 1. The van der Waals surface area contributed by atoms with Crippen LogP contribution in [-0.2, 0) is 10.0 Å². The highest BCUT2D eigenvalue weighted by Gasteiger charge is 2.29. The number of phenolic OH excluding ortho intramolecular Hbond substituents is 1. The van der Waals surface area contributed by atoms with Crippen LogP contribution in [0.1, 0.15) is 21.7 Å². The van der Waals surface area contributed by atoms with E-state index in [0.29, 0.717) is 23.5 Å². The average Bonchev–Trinajstić information content (AvgIpc) is 3.06. The van der Waals surface area contributed by atoms with Crippen LogP contribution in [0.25, 0.3) is 0 Å². The van der Waals surface area contributed by atoms with Gasteiger partial charge in [-0.2, -0.15) is 0 Å². The second kappa shape index (κ2) is 5.86. The number of thiophene rings is 1. The van der Waals surface area contributed by atoms with E-state index in [1.165, 1.54) is 33.8 Å². The van der Waals surface area contributed by atoms with Gasteiger partial charge in [-0.05, 0) is 48.6 Å². The summed E-state index contributed by atoms with van der Waals surface area (Å²) in [5.41, 5.74) is 1.49. The first kappa shape index (κ1) is 15.8. The predicted molar refractivity (Wildman–Crippen MR) is 90.9 cm³/mol. The molecule has 0 atom stereocenters. The summed E-state index contributed by atoms with van der Waals surface area (Å²) in [4.78, 5) is 12.8. The molecule has 8 heteroatoms. The van der Waals surface area contributed by atoms with Crippen molar-refractivity contribution in [3.63, 3.8) is 0 Å². The fourth-order valence-corrected chi connectivity index (χ4v) is 4.87. The Balaban J connectivity index is 1.90. The smallest absolute Gasteiger partial charge is 0.266 e. The van der Waals surface area contributed by atoms with Crippen LogP contribution in [0, 0.1) is 6.92 Å². The molecule has 1 fully saturated rings. The van der Waals surface area contributed by atoms with Gasteiger partial charge in [0.05, 0.1) is 22.0 Å². The summed E-state index contributed by atoms with van der Waals surface area (Å²) in [5, 5.41) is 14.4. The molecular weight excluding hydrogens is 336 g/mol. The molecular formula is C15H16N2O4S2. The molecule has 2 N–H and O–H groups in total. The van der Waals surface area contributed by atoms with Gasteiger partial charge in [-0.1, -0.05) is 0 Å². The van der Waals surface area contributed by atoms with Crippen LogP contribution in [0.2, 0.25) is 0 Å². The van der Waals surface area contributed by atoms with Crippen molar-refractivity contribution in [3.05, 3.63) is 40.1 Å². The number of hydrogen-bond donors (Lipinski definition) is 2. The Bertz CT molecular complexity index is 858. The van der Waals surface area contributed by atoms with Gasteiger partial charge in [0.2, 0.25) is 10.0 Å². The summed E-state index contributed by atoms with van der Waals surface area (Å²) < 4.78 is 25.3. The van der Waals surface area contributed by atoms with Gasteiger partial charge in [0.1, 0.15) is 5.75 Å². The number of nitrogens with zero attached hydrogens (tertiary/aromatic N) is 1. The summed E-state index contributed by atoms with van der Waals surface area (Å²) in [6.45, 7) is 2.24. The van der Waals surface area contributed by atoms with Gasteiger partial charge in [-0.15, -0.1) is 11.3 Å². The molecule has 1 aromatic heterocycles. The molecule has 23 heavy (non-hydrogen) atoms. The second-order valence-electron chi connectivity index (χ2n) is 5.33. The molecule has 0 saturated carbocycles. The topological polar surface area (TPSA) is 86.7 Å². The van der Waals surface area contributed by atoms with Gasteiger partial charge in [0.25, 0.3) is 5.91 Å². The van der Waals surface area contributed by atoms with E-state index in [0.717, 1.165) is 5.56 Å². The molecule has 1 aliphatic rings. The maximum Gasteiger partial charge on any atom is 0.266 e. The normalized spacial score (nSPS) is 16.5. The molecule has 2 heterocycles. The van der Waals surface area contributed by atoms with Crippen molar-refractivity contribution in [2.45, 2.75) is 13.3 Å². The number of anilines is 2. The number of hydrogen-bond acceptors (Lipinski definition) is 5. The Hall–Kier alpha value is -2.06. The third kappa shape index (κ3) is 3.04. The number of carbonyl (C=O) groups is 1. The highest BCUT2D eigenvalue weighted by Crippen LogP contribution is 2.32. The van der Waals surface area contributed by atoms with E-state index in [9.17, 15) is 18.3 Å². The third-order valence-electron chi connectivity index (χ3n) is 3.68. The number of nitrogens with one attached hydrogen (secondary N) is 1. The molecule has 0 radical (unpaired) electrons. The molecule has 0 aliphatic carbocycles. The van der Waals surface area contributed by atoms with Gasteiger partial charge < -0.3 is 10.4 Å². The lowest BCUT2D eigenvalue weighted by Gasteiger charge is -2.18. The zero-order valence-corrected chi connectivity index (χ0v) is 14.1. The average molecular weight is 352 g/mol. The van der Waals surface area contributed by atoms with Crippen LogP contribution in [0.5, 0.6) is 5.75 Å². The minimum Gasteiger partial charge on any atom is -0.506 e.